The molecular weight excluding hydrogens is 324 g/mol. The fourth-order valence-electron chi connectivity index (χ4n) is 7.76. The maximum absolute atomic E-state index is 12.0. The van der Waals surface area contributed by atoms with Crippen LogP contribution in [-0.2, 0) is 14.3 Å². The van der Waals surface area contributed by atoms with Crippen LogP contribution in [0.25, 0.3) is 0 Å². The molecule has 0 amide bonds. The molecule has 4 aliphatic carbocycles. The van der Waals surface area contributed by atoms with Gasteiger partial charge in [0.2, 0.25) is 0 Å². The lowest BCUT2D eigenvalue weighted by Gasteiger charge is -2.58. The van der Waals surface area contributed by atoms with Crippen LogP contribution in [0.5, 0.6) is 0 Å². The number of hydrogen-bond acceptors (Lipinski definition) is 3. The van der Waals surface area contributed by atoms with E-state index in [2.05, 4.69) is 26.0 Å². The number of rotatable bonds is 1. The average Bonchev–Trinajstić information content (AvgIpc) is 3.15. The first-order valence-corrected chi connectivity index (χ1v) is 10.6. The minimum absolute atomic E-state index is 0.0382. The molecule has 5 rings (SSSR count). The van der Waals surface area contributed by atoms with Gasteiger partial charge in [0.25, 0.3) is 0 Å². The highest BCUT2D eigenvalue weighted by Crippen LogP contribution is 2.69. The number of carbonyl (C=O) groups is 1. The predicted molar refractivity (Wildman–Crippen MR) is 100 cm³/mol. The van der Waals surface area contributed by atoms with Gasteiger partial charge in [-0.05, 0) is 79.8 Å². The normalized spacial score (nSPS) is 49.7. The number of methoxy groups -OCH3 is 1. The summed E-state index contributed by atoms with van der Waals surface area (Å²) in [4.78, 5) is 12.0. The Labute approximate surface area is 157 Å². The van der Waals surface area contributed by atoms with Gasteiger partial charge in [-0.25, -0.2) is 0 Å². The number of hydrogen-bond donors (Lipinski definition) is 0. The van der Waals surface area contributed by atoms with Gasteiger partial charge in [0.1, 0.15) is 5.60 Å². The van der Waals surface area contributed by atoms with E-state index in [0.29, 0.717) is 17.8 Å². The Hall–Kier alpha value is -1.25. The van der Waals surface area contributed by atoms with Crippen molar-refractivity contribution >= 4 is 5.97 Å². The first kappa shape index (κ1) is 16.9. The summed E-state index contributed by atoms with van der Waals surface area (Å²) in [7, 11) is 1.80. The lowest BCUT2D eigenvalue weighted by molar-refractivity contribution is -0.167. The third-order valence-corrected chi connectivity index (χ3v) is 9.33. The van der Waals surface area contributed by atoms with Gasteiger partial charge in [0, 0.05) is 18.3 Å². The first-order valence-electron chi connectivity index (χ1n) is 10.6. The van der Waals surface area contributed by atoms with Gasteiger partial charge in [-0.1, -0.05) is 19.9 Å². The van der Waals surface area contributed by atoms with Crippen molar-refractivity contribution in [1.82, 2.24) is 0 Å². The fourth-order valence-corrected chi connectivity index (χ4v) is 7.76. The van der Waals surface area contributed by atoms with E-state index in [1.54, 1.807) is 7.11 Å². The Bertz CT molecular complexity index is 706. The third kappa shape index (κ3) is 1.98. The van der Waals surface area contributed by atoms with Gasteiger partial charge in [-0.15, -0.1) is 0 Å². The number of ether oxygens (including phenoxy) is 2. The third-order valence-electron chi connectivity index (χ3n) is 9.33. The molecule has 5 aliphatic rings. The maximum Gasteiger partial charge on any atom is 0.306 e. The molecule has 26 heavy (non-hydrogen) atoms. The Morgan fingerprint density at radius 2 is 1.88 bits per heavy atom. The highest BCUT2D eigenvalue weighted by Gasteiger charge is 2.66. The highest BCUT2D eigenvalue weighted by molar-refractivity contribution is 5.72. The van der Waals surface area contributed by atoms with Crippen LogP contribution in [0.2, 0.25) is 0 Å². The second-order valence-corrected chi connectivity index (χ2v) is 9.97. The standard InChI is InChI=1S/C23H32O3/c1-21-10-6-16(25-3)14-15(21)4-5-17-18(21)7-11-22(2)19(17)8-12-23(22)13-9-20(24)26-23/h4,14,17-19H,5-13H2,1-3H3/t17-,18-,19+,21+,22-,23-/m0/s1. The van der Waals surface area contributed by atoms with E-state index in [-0.39, 0.29) is 17.0 Å². The topological polar surface area (TPSA) is 35.5 Å². The zero-order chi connectivity index (χ0) is 18.2. The van der Waals surface area contributed by atoms with Gasteiger partial charge < -0.3 is 9.47 Å². The summed E-state index contributed by atoms with van der Waals surface area (Å²) in [6.07, 6.45) is 14.7. The summed E-state index contributed by atoms with van der Waals surface area (Å²) < 4.78 is 11.6. The van der Waals surface area contributed by atoms with Crippen molar-refractivity contribution in [2.24, 2.45) is 28.6 Å². The summed E-state index contributed by atoms with van der Waals surface area (Å²) in [5, 5.41) is 0. The summed E-state index contributed by atoms with van der Waals surface area (Å²) in [5.74, 6) is 3.40. The monoisotopic (exact) mass is 356 g/mol. The number of allylic oxidation sites excluding steroid dienone is 4. The lowest BCUT2D eigenvalue weighted by atomic mass is 9.47. The summed E-state index contributed by atoms with van der Waals surface area (Å²) >= 11 is 0. The van der Waals surface area contributed by atoms with Gasteiger partial charge in [0.05, 0.1) is 12.9 Å². The summed E-state index contributed by atoms with van der Waals surface area (Å²) in [5.41, 5.74) is 1.85. The fraction of sp³-hybridized carbons (Fsp3) is 0.783. The average molecular weight is 357 g/mol. The zero-order valence-electron chi connectivity index (χ0n) is 16.5. The number of esters is 1. The molecule has 3 nitrogen and oxygen atoms in total. The van der Waals surface area contributed by atoms with Crippen LogP contribution in [0.1, 0.15) is 71.6 Å². The van der Waals surface area contributed by atoms with Crippen LogP contribution >= 0.6 is 0 Å². The van der Waals surface area contributed by atoms with Crippen LogP contribution in [0, 0.1) is 28.6 Å². The van der Waals surface area contributed by atoms with Crippen molar-refractivity contribution in [1.29, 1.82) is 0 Å². The van der Waals surface area contributed by atoms with Crippen molar-refractivity contribution in [3.05, 3.63) is 23.5 Å². The molecule has 0 N–H and O–H groups in total. The molecule has 142 valence electrons. The van der Waals surface area contributed by atoms with Crippen LogP contribution < -0.4 is 0 Å². The Morgan fingerprint density at radius 3 is 2.62 bits per heavy atom. The van der Waals surface area contributed by atoms with E-state index in [1.807, 2.05) is 0 Å². The zero-order valence-corrected chi connectivity index (χ0v) is 16.5. The highest BCUT2D eigenvalue weighted by atomic mass is 16.6. The van der Waals surface area contributed by atoms with Crippen molar-refractivity contribution in [2.45, 2.75) is 77.2 Å². The van der Waals surface area contributed by atoms with Crippen molar-refractivity contribution in [2.75, 3.05) is 7.11 Å². The summed E-state index contributed by atoms with van der Waals surface area (Å²) in [6.45, 7) is 4.95. The molecule has 0 radical (unpaired) electrons. The summed E-state index contributed by atoms with van der Waals surface area (Å²) in [6, 6.07) is 0. The van der Waals surface area contributed by atoms with Crippen molar-refractivity contribution in [3.8, 4) is 0 Å². The Kier molecular flexibility index (Phi) is 3.50. The van der Waals surface area contributed by atoms with Crippen LogP contribution in [0.15, 0.2) is 23.5 Å². The van der Waals surface area contributed by atoms with Crippen LogP contribution in [0.4, 0.5) is 0 Å². The van der Waals surface area contributed by atoms with Crippen molar-refractivity contribution < 1.29 is 14.3 Å². The molecule has 6 atom stereocenters. The molecule has 0 bridgehead atoms. The molecule has 1 saturated heterocycles. The van der Waals surface area contributed by atoms with E-state index in [4.69, 9.17) is 9.47 Å². The van der Waals surface area contributed by atoms with Crippen LogP contribution in [0.3, 0.4) is 0 Å². The minimum Gasteiger partial charge on any atom is -0.501 e. The second-order valence-electron chi connectivity index (χ2n) is 9.97. The molecule has 1 heterocycles. The minimum atomic E-state index is -0.152. The van der Waals surface area contributed by atoms with Gasteiger partial charge in [0.15, 0.2) is 0 Å². The molecule has 0 unspecified atom stereocenters. The lowest BCUT2D eigenvalue weighted by Crippen LogP contribution is -2.54. The molecular formula is C23H32O3. The molecule has 0 aromatic carbocycles. The van der Waals surface area contributed by atoms with E-state index in [0.717, 1.165) is 36.9 Å². The smallest absolute Gasteiger partial charge is 0.306 e. The number of carbonyl (C=O) groups excluding carboxylic acids is 1. The molecule has 3 heteroatoms. The quantitative estimate of drug-likeness (QED) is 0.608. The predicted octanol–water partition coefficient (Wildman–Crippen LogP) is 5.17. The SMILES string of the molecule is COC1=CC2=CC[C@@H]3[C@H]4CC[C@]5(CCC(=O)O5)[C@@]4(C)CC[C@@H]3[C@]2(C)CC1. The Balaban J connectivity index is 1.49. The molecule has 0 aromatic heterocycles. The van der Waals surface area contributed by atoms with E-state index >= 15 is 0 Å². The van der Waals surface area contributed by atoms with E-state index in [1.165, 1.54) is 37.7 Å². The largest absolute Gasteiger partial charge is 0.501 e. The molecule has 2 saturated carbocycles. The van der Waals surface area contributed by atoms with Crippen molar-refractivity contribution in [3.63, 3.8) is 0 Å². The van der Waals surface area contributed by atoms with Gasteiger partial charge in [-0.2, -0.15) is 0 Å². The molecule has 3 fully saturated rings. The first-order chi connectivity index (χ1) is 12.4. The molecule has 1 spiro atoms. The van der Waals surface area contributed by atoms with E-state index in [9.17, 15) is 4.79 Å². The van der Waals surface area contributed by atoms with E-state index < -0.39 is 0 Å². The molecule has 1 aliphatic heterocycles. The maximum atomic E-state index is 12.0. The van der Waals surface area contributed by atoms with Gasteiger partial charge >= 0.3 is 5.97 Å². The van der Waals surface area contributed by atoms with Crippen LogP contribution in [-0.4, -0.2) is 18.7 Å². The number of fused-ring (bicyclic) bond motifs is 6. The molecule has 0 aromatic rings. The van der Waals surface area contributed by atoms with Gasteiger partial charge in [-0.3, -0.25) is 4.79 Å². The second kappa shape index (κ2) is 5.39. The Morgan fingerprint density at radius 1 is 1.08 bits per heavy atom.